The van der Waals surface area contributed by atoms with E-state index in [2.05, 4.69) is 6.08 Å². The fourth-order valence-corrected chi connectivity index (χ4v) is 9.84. The van der Waals surface area contributed by atoms with E-state index in [0.717, 1.165) is 28.1 Å². The zero-order valence-corrected chi connectivity index (χ0v) is 27.2. The number of hydrogen-bond donors (Lipinski definition) is 1. The summed E-state index contributed by atoms with van der Waals surface area (Å²) in [6.45, 7) is 10.5. The van der Waals surface area contributed by atoms with Crippen LogP contribution in [-0.2, 0) is 30.3 Å². The average Bonchev–Trinajstić information content (AvgIpc) is 3.50. The molecule has 0 spiro atoms. The molecule has 1 heterocycles. The molecule has 8 atom stereocenters. The summed E-state index contributed by atoms with van der Waals surface area (Å²) >= 11 is 0. The summed E-state index contributed by atoms with van der Waals surface area (Å²) in [5.74, 6) is -2.95. The molecule has 0 saturated heterocycles. The second-order valence-corrected chi connectivity index (χ2v) is 14.2. The number of carbonyl (C=O) groups is 3. The van der Waals surface area contributed by atoms with Crippen molar-refractivity contribution in [3.63, 3.8) is 0 Å². The van der Waals surface area contributed by atoms with E-state index in [1.54, 1.807) is 13.8 Å². The number of Topliss-reactive ketones (excluding diaryl/α,β-unsaturated/α-hetero) is 1. The number of para-hydroxylation sites is 1. The Kier molecular flexibility index (Phi) is 7.66. The van der Waals surface area contributed by atoms with Gasteiger partial charge in [0.05, 0.1) is 23.7 Å². The molecule has 0 bridgehead atoms. The molecule has 1 aromatic carbocycles. The quantitative estimate of drug-likeness (QED) is 0.385. The highest BCUT2D eigenvalue weighted by molar-refractivity contribution is 5.93. The van der Waals surface area contributed by atoms with Crippen LogP contribution in [0.2, 0.25) is 0 Å². The number of allylic oxidation sites excluding steroid dienone is 1. The van der Waals surface area contributed by atoms with Crippen LogP contribution < -0.4 is 0 Å². The van der Waals surface area contributed by atoms with Crippen molar-refractivity contribution in [3.05, 3.63) is 52.9 Å². The van der Waals surface area contributed by atoms with Gasteiger partial charge < -0.3 is 14.6 Å². The number of aliphatic hydroxyl groups is 1. The lowest BCUT2D eigenvalue weighted by Crippen LogP contribution is -2.70. The second kappa shape index (κ2) is 10.9. The Labute approximate surface area is 264 Å². The lowest BCUT2D eigenvalue weighted by Gasteiger charge is -2.63. The van der Waals surface area contributed by atoms with Gasteiger partial charge in [0.1, 0.15) is 5.67 Å². The number of aryl methyl sites for hydroxylation is 1. The fourth-order valence-electron chi connectivity index (χ4n) is 9.84. The summed E-state index contributed by atoms with van der Waals surface area (Å²) in [6, 6.07) is 8.04. The Morgan fingerprint density at radius 2 is 1.82 bits per heavy atom. The number of hydrogen-bond acceptors (Lipinski definition) is 7. The largest absolute Gasteiger partial charge is 0.457 e. The van der Waals surface area contributed by atoms with Crippen LogP contribution in [0.4, 0.5) is 4.39 Å². The number of ether oxygens (including phenoxy) is 2. The van der Waals surface area contributed by atoms with Gasteiger partial charge in [0.2, 0.25) is 5.78 Å². The van der Waals surface area contributed by atoms with Crippen LogP contribution in [-0.4, -0.2) is 56.6 Å². The van der Waals surface area contributed by atoms with E-state index >= 15 is 4.39 Å². The normalized spacial score (nSPS) is 36.6. The molecule has 45 heavy (non-hydrogen) atoms. The minimum atomic E-state index is -1.98. The van der Waals surface area contributed by atoms with E-state index in [4.69, 9.17) is 14.6 Å². The molecule has 1 N–H and O–H groups in total. The van der Waals surface area contributed by atoms with Crippen LogP contribution in [0.3, 0.4) is 0 Å². The first-order chi connectivity index (χ1) is 21.3. The number of esters is 2. The molecule has 9 heteroatoms. The molecule has 4 aliphatic carbocycles. The van der Waals surface area contributed by atoms with Crippen molar-refractivity contribution in [2.45, 2.75) is 104 Å². The molecule has 3 saturated carbocycles. The lowest BCUT2D eigenvalue weighted by atomic mass is 9.43. The van der Waals surface area contributed by atoms with Crippen molar-refractivity contribution in [2.24, 2.45) is 28.6 Å². The summed E-state index contributed by atoms with van der Waals surface area (Å²) in [5.41, 5.74) is -0.767. The fraction of sp³-hybridized carbons (Fsp3) is 0.611. The first kappa shape index (κ1) is 31.6. The SMILES string of the molecule is CCC(=O)OCC(=O)[C@@]1(OC(=O)CC)[C@@H](C)C[C@H]2[C@@H]3CCC4=Cc5c(cnn5-c5ccccc5C)C[C@]4(C)[C@@]3(F)[C@@H](O)C[C@@]21C. The Morgan fingerprint density at radius 1 is 1.11 bits per heavy atom. The maximum atomic E-state index is 18.3. The van der Waals surface area contributed by atoms with Gasteiger partial charge in [0.25, 0.3) is 0 Å². The van der Waals surface area contributed by atoms with Crippen molar-refractivity contribution in [2.75, 3.05) is 6.61 Å². The number of fused-ring (bicyclic) bond motifs is 6. The number of rotatable bonds is 7. The van der Waals surface area contributed by atoms with E-state index in [1.165, 1.54) is 0 Å². The molecule has 0 aliphatic heterocycles. The van der Waals surface area contributed by atoms with Crippen LogP contribution in [0, 0.1) is 35.5 Å². The van der Waals surface area contributed by atoms with Gasteiger partial charge in [-0.2, -0.15) is 5.10 Å². The molecule has 242 valence electrons. The Hall–Kier alpha value is -3.33. The molecule has 0 unspecified atom stereocenters. The summed E-state index contributed by atoms with van der Waals surface area (Å²) in [6.07, 6.45) is 4.56. The maximum absolute atomic E-state index is 18.3. The van der Waals surface area contributed by atoms with Crippen molar-refractivity contribution in [1.29, 1.82) is 0 Å². The van der Waals surface area contributed by atoms with Gasteiger partial charge in [-0.1, -0.05) is 58.4 Å². The monoisotopic (exact) mass is 620 g/mol. The third-order valence-electron chi connectivity index (χ3n) is 12.1. The maximum Gasteiger partial charge on any atom is 0.306 e. The van der Waals surface area contributed by atoms with Gasteiger partial charge in [0, 0.05) is 35.5 Å². The van der Waals surface area contributed by atoms with E-state index in [1.807, 2.05) is 62.8 Å². The number of carbonyl (C=O) groups excluding carboxylic acids is 3. The van der Waals surface area contributed by atoms with Gasteiger partial charge in [-0.25, -0.2) is 9.07 Å². The van der Waals surface area contributed by atoms with E-state index < -0.39 is 64.4 Å². The number of alkyl halides is 1. The molecule has 0 amide bonds. The number of benzene rings is 1. The number of halogens is 1. The zero-order valence-electron chi connectivity index (χ0n) is 27.2. The molecule has 4 aliphatic rings. The summed E-state index contributed by atoms with van der Waals surface area (Å²) in [7, 11) is 0. The second-order valence-electron chi connectivity index (χ2n) is 14.2. The van der Waals surface area contributed by atoms with Gasteiger partial charge in [-0.05, 0) is 68.2 Å². The molecule has 0 radical (unpaired) electrons. The molecule has 1 aromatic heterocycles. The smallest absolute Gasteiger partial charge is 0.306 e. The van der Waals surface area contributed by atoms with E-state index in [9.17, 15) is 19.5 Å². The highest BCUT2D eigenvalue weighted by Crippen LogP contribution is 2.72. The Morgan fingerprint density at radius 3 is 2.51 bits per heavy atom. The Bertz CT molecular complexity index is 1580. The minimum Gasteiger partial charge on any atom is -0.457 e. The molecule has 3 fully saturated rings. The molecule has 2 aromatic rings. The first-order valence-corrected chi connectivity index (χ1v) is 16.4. The highest BCUT2D eigenvalue weighted by atomic mass is 19.1. The van der Waals surface area contributed by atoms with Crippen LogP contribution >= 0.6 is 0 Å². The van der Waals surface area contributed by atoms with Crippen molar-refractivity contribution in [1.82, 2.24) is 9.78 Å². The van der Waals surface area contributed by atoms with Crippen LogP contribution in [0.15, 0.2) is 36.0 Å². The van der Waals surface area contributed by atoms with Crippen molar-refractivity contribution < 1.29 is 33.4 Å². The standard InChI is InChI=1S/C36H45FN2O6/c1-7-31(42)44-20-30(41)36(45-32(43)8-2)22(4)15-26-25-14-13-24-16-28-23(19-38-39(28)27-12-10-9-11-21(27)3)17-33(24,5)35(25,37)29(40)18-34(26,36)6/h9-12,16,19,22,25-26,29,40H,7-8,13-15,17-18,20H2,1-6H3/t22-,25-,26-,29-,33-,34-,35-,36-/m0/s1. The van der Waals surface area contributed by atoms with Gasteiger partial charge in [0.15, 0.2) is 12.2 Å². The molecular weight excluding hydrogens is 575 g/mol. The van der Waals surface area contributed by atoms with Crippen LogP contribution in [0.1, 0.15) is 90.0 Å². The first-order valence-electron chi connectivity index (χ1n) is 16.4. The minimum absolute atomic E-state index is 0.0566. The van der Waals surface area contributed by atoms with Crippen LogP contribution in [0.5, 0.6) is 0 Å². The predicted octanol–water partition coefficient (Wildman–Crippen LogP) is 5.89. The van der Waals surface area contributed by atoms with Crippen LogP contribution in [0.25, 0.3) is 11.8 Å². The summed E-state index contributed by atoms with van der Waals surface area (Å²) in [5, 5.41) is 16.7. The summed E-state index contributed by atoms with van der Waals surface area (Å²) < 4.78 is 31.6. The van der Waals surface area contributed by atoms with Gasteiger partial charge in [-0.3, -0.25) is 14.4 Å². The predicted molar refractivity (Wildman–Crippen MR) is 166 cm³/mol. The van der Waals surface area contributed by atoms with E-state index in [-0.39, 0.29) is 25.2 Å². The average molecular weight is 621 g/mol. The third kappa shape index (κ3) is 4.25. The number of aromatic nitrogens is 2. The zero-order chi connectivity index (χ0) is 32.5. The number of aliphatic hydroxyl groups excluding tert-OH is 1. The number of nitrogens with zero attached hydrogens (tertiary/aromatic N) is 2. The lowest BCUT2D eigenvalue weighted by molar-refractivity contribution is -0.234. The van der Waals surface area contributed by atoms with Gasteiger partial charge >= 0.3 is 11.9 Å². The summed E-state index contributed by atoms with van der Waals surface area (Å²) in [4.78, 5) is 39.0. The van der Waals surface area contributed by atoms with Crippen molar-refractivity contribution in [3.8, 4) is 5.69 Å². The van der Waals surface area contributed by atoms with Crippen molar-refractivity contribution >= 4 is 23.8 Å². The third-order valence-corrected chi connectivity index (χ3v) is 12.1. The number of ketones is 1. The molecule has 6 rings (SSSR count). The molecular formula is C36H45FN2O6. The van der Waals surface area contributed by atoms with E-state index in [0.29, 0.717) is 25.7 Å². The molecule has 8 nitrogen and oxygen atoms in total. The van der Waals surface area contributed by atoms with Gasteiger partial charge in [-0.15, -0.1) is 0 Å². The topological polar surface area (TPSA) is 108 Å². The Balaban J connectivity index is 1.40. The highest BCUT2D eigenvalue weighted by Gasteiger charge is 2.77.